The number of ether oxygens (including phenoxy) is 11. The quantitative estimate of drug-likeness (QED) is 0.0460. The van der Waals surface area contributed by atoms with Gasteiger partial charge in [0, 0.05) is 7.11 Å². The van der Waals surface area contributed by atoms with Crippen LogP contribution >= 0.6 is 0 Å². The van der Waals surface area contributed by atoms with Crippen molar-refractivity contribution in [1.29, 1.82) is 0 Å². The van der Waals surface area contributed by atoms with Crippen LogP contribution in [0.1, 0.15) is 38.9 Å². The molecule has 0 aliphatic carbocycles. The Balaban J connectivity index is 1.09. The van der Waals surface area contributed by atoms with Gasteiger partial charge in [0.1, 0.15) is 48.8 Å². The lowest BCUT2D eigenvalue weighted by molar-refractivity contribution is -0.377. The van der Waals surface area contributed by atoms with Crippen molar-refractivity contribution in [2.45, 2.75) is 107 Å². The van der Waals surface area contributed by atoms with Crippen LogP contribution in [0.2, 0.25) is 0 Å². The van der Waals surface area contributed by atoms with Gasteiger partial charge in [-0.15, -0.1) is 0 Å². The van der Waals surface area contributed by atoms with Gasteiger partial charge < -0.3 is 52.1 Å². The summed E-state index contributed by atoms with van der Waals surface area (Å²) in [5.41, 5.74) is 6.87. The first-order valence-corrected chi connectivity index (χ1v) is 25.8. The third kappa shape index (κ3) is 15.0. The van der Waals surface area contributed by atoms with Gasteiger partial charge in [-0.3, -0.25) is 0 Å². The maximum absolute atomic E-state index is 7.32. The van der Waals surface area contributed by atoms with E-state index in [1.165, 1.54) is 0 Å². The third-order valence-corrected chi connectivity index (χ3v) is 13.4. The SMILES string of the molecule is C=C[C@]1(OC[C@H]2O[C@H](OC)[C@H](OCc3ccccc3)[C@@H](OCc3ccccc3)[C@@H]2OCc2ccccc2)O[C@H](COCc2ccccc2)[C@@H](OCc2ccccc2)[C@H](OCc2ccccc2)[C@H]1OCc1ccccc1. The van der Waals surface area contributed by atoms with Crippen molar-refractivity contribution < 1.29 is 52.1 Å². The molecular weight excluding hydrogens is 945 g/mol. The maximum atomic E-state index is 7.32. The van der Waals surface area contributed by atoms with Gasteiger partial charge in [-0.1, -0.05) is 219 Å². The molecule has 0 N–H and O–H groups in total. The molecule has 11 heteroatoms. The summed E-state index contributed by atoms with van der Waals surface area (Å²) in [5, 5.41) is 0. The molecule has 10 atom stereocenters. The molecule has 7 aromatic rings. The van der Waals surface area contributed by atoms with Gasteiger partial charge in [0.05, 0.1) is 59.5 Å². The monoisotopic (exact) mass is 1010 g/mol. The number of methoxy groups -OCH3 is 1. The van der Waals surface area contributed by atoms with Crippen LogP contribution in [0.5, 0.6) is 0 Å². The van der Waals surface area contributed by atoms with E-state index in [-0.39, 0.29) is 52.9 Å². The summed E-state index contributed by atoms with van der Waals surface area (Å²) in [6, 6.07) is 70.2. The number of benzene rings is 7. The van der Waals surface area contributed by atoms with E-state index in [4.69, 9.17) is 52.1 Å². The number of rotatable bonds is 27. The van der Waals surface area contributed by atoms with Gasteiger partial charge in [0.2, 0.25) is 5.79 Å². The summed E-state index contributed by atoms with van der Waals surface area (Å²) >= 11 is 0. The molecule has 0 amide bonds. The Morgan fingerprint density at radius 3 is 1.11 bits per heavy atom. The van der Waals surface area contributed by atoms with Crippen LogP contribution in [0.25, 0.3) is 0 Å². The van der Waals surface area contributed by atoms with Crippen LogP contribution in [0.3, 0.4) is 0 Å². The van der Waals surface area contributed by atoms with E-state index in [1.807, 2.05) is 212 Å². The van der Waals surface area contributed by atoms with E-state index in [9.17, 15) is 0 Å². The molecule has 0 bridgehead atoms. The van der Waals surface area contributed by atoms with Gasteiger partial charge in [-0.25, -0.2) is 0 Å². The molecule has 9 rings (SSSR count). The maximum Gasteiger partial charge on any atom is 0.217 e. The fourth-order valence-corrected chi connectivity index (χ4v) is 9.49. The Morgan fingerprint density at radius 1 is 0.387 bits per heavy atom. The summed E-state index contributed by atoms with van der Waals surface area (Å²) < 4.78 is 76.1. The zero-order chi connectivity index (χ0) is 51.3. The number of hydrogen-bond acceptors (Lipinski definition) is 11. The molecule has 2 fully saturated rings. The van der Waals surface area contributed by atoms with Crippen molar-refractivity contribution in [1.82, 2.24) is 0 Å². The van der Waals surface area contributed by atoms with Crippen LogP contribution in [-0.4, -0.2) is 81.2 Å². The summed E-state index contributed by atoms with van der Waals surface area (Å²) in [4.78, 5) is 0. The Hall–Kier alpha value is -6.16. The van der Waals surface area contributed by atoms with Crippen LogP contribution in [0.4, 0.5) is 0 Å². The largest absolute Gasteiger partial charge is 0.374 e. The van der Waals surface area contributed by atoms with Crippen molar-refractivity contribution in [3.05, 3.63) is 264 Å². The van der Waals surface area contributed by atoms with E-state index in [2.05, 4.69) is 6.58 Å². The lowest BCUT2D eigenvalue weighted by atomic mass is 9.91. The average Bonchev–Trinajstić information content (AvgIpc) is 3.47. The zero-order valence-electron chi connectivity index (χ0n) is 42.5. The molecular formula is C64H68O11. The highest BCUT2D eigenvalue weighted by atomic mass is 16.8. The van der Waals surface area contributed by atoms with Gasteiger partial charge in [-0.05, 0) is 45.0 Å². The number of hydrogen-bond donors (Lipinski definition) is 0. The Bertz CT molecular complexity index is 2670. The van der Waals surface area contributed by atoms with E-state index in [0.717, 1.165) is 38.9 Å². The fraction of sp³-hybridized carbons (Fsp3) is 0.312. The van der Waals surface area contributed by atoms with Crippen LogP contribution in [-0.2, 0) is 98.4 Å². The van der Waals surface area contributed by atoms with Crippen molar-refractivity contribution >= 4 is 0 Å². The molecule has 0 unspecified atom stereocenters. The molecule has 11 nitrogen and oxygen atoms in total. The van der Waals surface area contributed by atoms with E-state index in [0.29, 0.717) is 6.61 Å². The van der Waals surface area contributed by atoms with Gasteiger partial charge in [0.25, 0.3) is 0 Å². The van der Waals surface area contributed by atoms with Gasteiger partial charge in [-0.2, -0.15) is 0 Å². The first kappa shape index (κ1) is 53.7. The Labute approximate surface area is 441 Å². The topological polar surface area (TPSA) is 102 Å². The molecule has 2 heterocycles. The minimum atomic E-state index is -1.68. The minimum absolute atomic E-state index is 0.0916. The summed E-state index contributed by atoms with van der Waals surface area (Å²) in [6.07, 6.45) is -5.46. The summed E-state index contributed by atoms with van der Waals surface area (Å²) in [7, 11) is 1.61. The predicted molar refractivity (Wildman–Crippen MR) is 286 cm³/mol. The summed E-state index contributed by atoms with van der Waals surface area (Å²) in [5.74, 6) is -1.68. The van der Waals surface area contributed by atoms with Crippen molar-refractivity contribution in [2.75, 3.05) is 20.3 Å². The van der Waals surface area contributed by atoms with E-state index >= 15 is 0 Å². The molecule has 75 heavy (non-hydrogen) atoms. The Morgan fingerprint density at radius 2 is 0.720 bits per heavy atom. The van der Waals surface area contributed by atoms with Crippen molar-refractivity contribution in [2.24, 2.45) is 0 Å². The second-order valence-electron chi connectivity index (χ2n) is 18.7. The molecule has 0 aromatic heterocycles. The molecule has 7 aromatic carbocycles. The lowest BCUT2D eigenvalue weighted by Gasteiger charge is -2.52. The van der Waals surface area contributed by atoms with Crippen LogP contribution in [0.15, 0.2) is 225 Å². The molecule has 0 spiro atoms. The highest BCUT2D eigenvalue weighted by molar-refractivity contribution is 5.20. The molecule has 2 saturated heterocycles. The smallest absolute Gasteiger partial charge is 0.217 e. The normalized spacial score (nSPS) is 24.6. The highest BCUT2D eigenvalue weighted by Gasteiger charge is 2.58. The van der Waals surface area contributed by atoms with Crippen LogP contribution < -0.4 is 0 Å². The molecule has 0 saturated carbocycles. The minimum Gasteiger partial charge on any atom is -0.374 e. The predicted octanol–water partition coefficient (Wildman–Crippen LogP) is 11.4. The van der Waals surface area contributed by atoms with Crippen molar-refractivity contribution in [3.63, 3.8) is 0 Å². The lowest BCUT2D eigenvalue weighted by Crippen LogP contribution is -2.68. The first-order chi connectivity index (χ1) is 37.1. The second kappa shape index (κ2) is 28.1. The van der Waals surface area contributed by atoms with Crippen LogP contribution in [0, 0.1) is 0 Å². The second-order valence-corrected chi connectivity index (χ2v) is 18.7. The standard InChI is InChI=1S/C64H68O11/c1-3-64(73-47-55-57(67-40-49-27-13-5-14-28-49)59(69-42-51-31-17-7-18-32-51)61(63(65-2)74-55)71-44-53-35-21-9-22-36-53)62(72-45-54-37-23-10-24-38-54)60(70-43-52-33-19-8-20-34-52)58(68-41-50-29-15-6-16-30-50)56(75-64)46-66-39-48-25-11-4-12-26-48/h3-38,55-63H,1,39-47H2,2H3/t55-,56-,57-,58-,59+,60+,61-,62-,63+,64+/m1/s1. The van der Waals surface area contributed by atoms with Gasteiger partial charge in [0.15, 0.2) is 6.29 Å². The Kier molecular flexibility index (Phi) is 20.1. The molecule has 0 radical (unpaired) electrons. The first-order valence-electron chi connectivity index (χ1n) is 25.8. The van der Waals surface area contributed by atoms with Gasteiger partial charge >= 0.3 is 0 Å². The zero-order valence-corrected chi connectivity index (χ0v) is 42.5. The van der Waals surface area contributed by atoms with E-state index in [1.54, 1.807) is 13.2 Å². The molecule has 390 valence electrons. The van der Waals surface area contributed by atoms with Crippen molar-refractivity contribution in [3.8, 4) is 0 Å². The average molecular weight is 1010 g/mol. The van der Waals surface area contributed by atoms with E-state index < -0.39 is 60.9 Å². The molecule has 2 aliphatic heterocycles. The highest BCUT2D eigenvalue weighted by Crippen LogP contribution is 2.40. The third-order valence-electron chi connectivity index (χ3n) is 13.4. The summed E-state index contributed by atoms with van der Waals surface area (Å²) in [6.45, 7) is 6.31. The molecule has 2 aliphatic rings. The fourth-order valence-electron chi connectivity index (χ4n) is 9.49.